The minimum Gasteiger partial charge on any atom is -0.469 e. The van der Waals surface area contributed by atoms with Gasteiger partial charge in [-0.05, 0) is 30.0 Å². The van der Waals surface area contributed by atoms with Gasteiger partial charge in [-0.1, -0.05) is 11.8 Å². The van der Waals surface area contributed by atoms with Crippen LogP contribution < -0.4 is 0 Å². The lowest BCUT2D eigenvalue weighted by Crippen LogP contribution is -2.26. The minimum atomic E-state index is -0.0552. The second-order valence-electron chi connectivity index (χ2n) is 4.65. The fourth-order valence-corrected chi connectivity index (χ4v) is 2.66. The summed E-state index contributed by atoms with van der Waals surface area (Å²) in [4.78, 5) is 14.9. The molecule has 0 aliphatic carbocycles. The maximum Gasteiger partial charge on any atom is 0.257 e. The van der Waals surface area contributed by atoms with Gasteiger partial charge >= 0.3 is 0 Å². The first kappa shape index (κ1) is 15.4. The van der Waals surface area contributed by atoms with Crippen LogP contribution in [-0.2, 0) is 6.54 Å². The van der Waals surface area contributed by atoms with Gasteiger partial charge in [0.1, 0.15) is 5.76 Å². The number of hydrogen-bond acceptors (Lipinski definition) is 4. The summed E-state index contributed by atoms with van der Waals surface area (Å²) in [5, 5.41) is 10.7. The van der Waals surface area contributed by atoms with Crippen molar-refractivity contribution in [1.82, 2.24) is 4.90 Å². The number of carbonyl (C=O) groups is 1. The Morgan fingerprint density at radius 1 is 1.52 bits per heavy atom. The molecular formula is C16H17NO3S. The number of aryl methyl sites for hydroxylation is 1. The molecule has 1 amide bonds. The molecule has 0 aliphatic rings. The summed E-state index contributed by atoms with van der Waals surface area (Å²) in [6.07, 6.45) is 2.00. The second kappa shape index (κ2) is 7.11. The summed E-state index contributed by atoms with van der Waals surface area (Å²) in [7, 11) is 1.77. The number of aliphatic hydroxyl groups is 1. The quantitative estimate of drug-likeness (QED) is 0.884. The average molecular weight is 303 g/mol. The highest BCUT2D eigenvalue weighted by atomic mass is 32.1. The van der Waals surface area contributed by atoms with Gasteiger partial charge in [-0.2, -0.15) is 0 Å². The second-order valence-corrected chi connectivity index (χ2v) is 5.56. The maximum absolute atomic E-state index is 12.3. The van der Waals surface area contributed by atoms with E-state index in [1.807, 2.05) is 11.4 Å². The lowest BCUT2D eigenvalue weighted by Gasteiger charge is -2.15. The summed E-state index contributed by atoms with van der Waals surface area (Å²) in [5.41, 5.74) is 1.64. The Kier molecular flexibility index (Phi) is 5.20. The fraction of sp³-hybridized carbons (Fsp3) is 0.312. The summed E-state index contributed by atoms with van der Waals surface area (Å²) >= 11 is 1.54. The molecule has 1 N–H and O–H groups in total. The van der Waals surface area contributed by atoms with Gasteiger partial charge in [0, 0.05) is 20.0 Å². The molecule has 2 heterocycles. The van der Waals surface area contributed by atoms with E-state index in [1.165, 1.54) is 6.26 Å². The predicted molar refractivity (Wildman–Crippen MR) is 82.1 cm³/mol. The van der Waals surface area contributed by atoms with Crippen molar-refractivity contribution in [2.45, 2.75) is 19.9 Å². The number of thiophene rings is 1. The Balaban J connectivity index is 2.00. The summed E-state index contributed by atoms with van der Waals surface area (Å²) < 4.78 is 5.16. The number of aliphatic hydroxyl groups excluding tert-OH is 1. The van der Waals surface area contributed by atoms with E-state index in [-0.39, 0.29) is 12.5 Å². The van der Waals surface area contributed by atoms with E-state index in [4.69, 9.17) is 9.52 Å². The van der Waals surface area contributed by atoms with Crippen molar-refractivity contribution in [3.63, 3.8) is 0 Å². The van der Waals surface area contributed by atoms with E-state index in [2.05, 4.69) is 11.8 Å². The van der Waals surface area contributed by atoms with Crippen molar-refractivity contribution in [3.05, 3.63) is 45.5 Å². The van der Waals surface area contributed by atoms with Crippen molar-refractivity contribution in [1.29, 1.82) is 0 Å². The highest BCUT2D eigenvalue weighted by Crippen LogP contribution is 2.17. The van der Waals surface area contributed by atoms with Crippen LogP contribution in [0.2, 0.25) is 0 Å². The lowest BCUT2D eigenvalue weighted by atomic mass is 10.2. The third-order valence-electron chi connectivity index (χ3n) is 2.96. The molecule has 0 unspecified atom stereocenters. The molecular weight excluding hydrogens is 286 g/mol. The lowest BCUT2D eigenvalue weighted by molar-refractivity contribution is 0.0783. The first-order valence-corrected chi connectivity index (χ1v) is 7.46. The van der Waals surface area contributed by atoms with Crippen molar-refractivity contribution in [2.24, 2.45) is 0 Å². The highest BCUT2D eigenvalue weighted by Gasteiger charge is 2.16. The van der Waals surface area contributed by atoms with Crippen molar-refractivity contribution in [3.8, 4) is 11.8 Å². The number of rotatable bonds is 4. The molecule has 0 atom stereocenters. The predicted octanol–water partition coefficient (Wildman–Crippen LogP) is 2.66. The molecule has 0 spiro atoms. The average Bonchev–Trinajstić information content (AvgIpc) is 3.07. The number of amides is 1. The zero-order chi connectivity index (χ0) is 15.2. The molecule has 0 radical (unpaired) electrons. The number of nitrogens with zero attached hydrogens (tertiary/aromatic N) is 1. The van der Waals surface area contributed by atoms with Crippen molar-refractivity contribution < 1.29 is 14.3 Å². The summed E-state index contributed by atoms with van der Waals surface area (Å²) in [6.45, 7) is 2.38. The van der Waals surface area contributed by atoms with Crippen molar-refractivity contribution >= 4 is 17.2 Å². The normalized spacial score (nSPS) is 10.0. The maximum atomic E-state index is 12.3. The molecule has 4 nitrogen and oxygen atoms in total. The molecule has 0 aromatic carbocycles. The Morgan fingerprint density at radius 2 is 2.33 bits per heavy atom. The summed E-state index contributed by atoms with van der Waals surface area (Å²) in [6, 6.07) is 3.66. The van der Waals surface area contributed by atoms with Gasteiger partial charge in [-0.15, -0.1) is 11.3 Å². The molecule has 0 bridgehead atoms. The van der Waals surface area contributed by atoms with Gasteiger partial charge in [0.15, 0.2) is 0 Å². The smallest absolute Gasteiger partial charge is 0.257 e. The SMILES string of the molecule is Cc1occc1C(=O)N(C)Cc1csc(C#CCCO)c1. The first-order chi connectivity index (χ1) is 10.1. The van der Waals surface area contributed by atoms with Crippen LogP contribution in [-0.4, -0.2) is 29.6 Å². The van der Waals surface area contributed by atoms with E-state index < -0.39 is 0 Å². The van der Waals surface area contributed by atoms with Gasteiger partial charge in [0.05, 0.1) is 23.3 Å². The standard InChI is InChI=1S/C16H17NO3S/c1-12-15(6-8-20-12)16(19)17(2)10-13-9-14(21-11-13)5-3-4-7-18/h6,8-9,11,18H,4,7,10H2,1-2H3. The van der Waals surface area contributed by atoms with Crippen molar-refractivity contribution in [2.75, 3.05) is 13.7 Å². The van der Waals surface area contributed by atoms with Gasteiger partial charge in [-0.25, -0.2) is 0 Å². The molecule has 21 heavy (non-hydrogen) atoms. The zero-order valence-electron chi connectivity index (χ0n) is 12.0. The topological polar surface area (TPSA) is 53.7 Å². The Bertz CT molecular complexity index is 675. The van der Waals surface area contributed by atoms with E-state index in [1.54, 1.807) is 36.3 Å². The first-order valence-electron chi connectivity index (χ1n) is 6.58. The van der Waals surface area contributed by atoms with Crippen LogP contribution in [0.4, 0.5) is 0 Å². The molecule has 2 aromatic heterocycles. The largest absolute Gasteiger partial charge is 0.469 e. The Morgan fingerprint density at radius 3 is 3.00 bits per heavy atom. The van der Waals surface area contributed by atoms with Crippen LogP contribution in [0.15, 0.2) is 28.2 Å². The number of hydrogen-bond donors (Lipinski definition) is 1. The van der Waals surface area contributed by atoms with Gasteiger partial charge in [-0.3, -0.25) is 4.79 Å². The van der Waals surface area contributed by atoms with Crippen LogP contribution in [0, 0.1) is 18.8 Å². The van der Waals surface area contributed by atoms with Gasteiger partial charge < -0.3 is 14.4 Å². The Hall–Kier alpha value is -2.03. The zero-order valence-corrected chi connectivity index (χ0v) is 12.9. The van der Waals surface area contributed by atoms with Gasteiger partial charge in [0.25, 0.3) is 5.91 Å². The van der Waals surface area contributed by atoms with Crippen LogP contribution in [0.5, 0.6) is 0 Å². The molecule has 2 rings (SSSR count). The van der Waals surface area contributed by atoms with Crippen LogP contribution in [0.3, 0.4) is 0 Å². The molecule has 110 valence electrons. The van der Waals surface area contributed by atoms with Gasteiger partial charge in [0.2, 0.25) is 0 Å². The van der Waals surface area contributed by atoms with Crippen LogP contribution >= 0.6 is 11.3 Å². The monoisotopic (exact) mass is 303 g/mol. The van der Waals surface area contributed by atoms with E-state index in [9.17, 15) is 4.79 Å². The molecule has 0 saturated heterocycles. The van der Waals surface area contributed by atoms with E-state index >= 15 is 0 Å². The Labute approximate surface area is 128 Å². The highest BCUT2D eigenvalue weighted by molar-refractivity contribution is 7.10. The van der Waals surface area contributed by atoms with E-state index in [0.717, 1.165) is 10.4 Å². The molecule has 5 heteroatoms. The molecule has 0 saturated carbocycles. The molecule has 0 fully saturated rings. The van der Waals surface area contributed by atoms with E-state index in [0.29, 0.717) is 24.3 Å². The third-order valence-corrected chi connectivity index (χ3v) is 3.85. The summed E-state index contributed by atoms with van der Waals surface area (Å²) in [5.74, 6) is 6.46. The minimum absolute atomic E-state index is 0.0552. The third kappa shape index (κ3) is 3.97. The molecule has 0 aliphatic heterocycles. The van der Waals surface area contributed by atoms with Crippen LogP contribution in [0.1, 0.15) is 33.0 Å². The molecule has 2 aromatic rings. The fourth-order valence-electron chi connectivity index (χ4n) is 1.89. The van der Waals surface area contributed by atoms with Crippen LogP contribution in [0.25, 0.3) is 0 Å². The number of furan rings is 1. The number of carbonyl (C=O) groups excluding carboxylic acids is 1.